The zero-order valence-corrected chi connectivity index (χ0v) is 7.33. The number of nitrogens with one attached hydrogen (secondary N) is 1. The average Bonchev–Trinajstić information content (AvgIpc) is 2.14. The van der Waals surface area contributed by atoms with Gasteiger partial charge in [-0.2, -0.15) is 0 Å². The molecule has 0 radical (unpaired) electrons. The molecule has 0 aromatic carbocycles. The molecule has 1 aromatic heterocycles. The number of halogens is 1. The molecule has 74 valence electrons. The summed E-state index contributed by atoms with van der Waals surface area (Å²) in [5, 5.41) is 11.4. The van der Waals surface area contributed by atoms with Gasteiger partial charge in [0, 0.05) is 24.8 Å². The molecule has 1 saturated heterocycles. The highest BCUT2D eigenvalue weighted by Crippen LogP contribution is 2.29. The fourth-order valence-electron chi connectivity index (χ4n) is 1.33. The third-order valence-electron chi connectivity index (χ3n) is 2.31. The van der Waals surface area contributed by atoms with Crippen LogP contribution in [0.5, 0.6) is 0 Å². The molecule has 0 spiro atoms. The van der Waals surface area contributed by atoms with E-state index in [0.29, 0.717) is 5.56 Å². The van der Waals surface area contributed by atoms with Crippen molar-refractivity contribution in [2.45, 2.75) is 5.67 Å². The van der Waals surface area contributed by atoms with Gasteiger partial charge in [-0.25, -0.2) is 14.2 Å². The third-order valence-corrected chi connectivity index (χ3v) is 2.31. The van der Waals surface area contributed by atoms with Crippen LogP contribution >= 0.6 is 0 Å². The van der Waals surface area contributed by atoms with Crippen LogP contribution in [-0.2, 0) is 5.67 Å². The van der Waals surface area contributed by atoms with Crippen LogP contribution in [0.1, 0.15) is 16.1 Å². The quantitative estimate of drug-likeness (QED) is 0.725. The molecule has 1 aliphatic rings. The molecule has 2 rings (SSSR count). The zero-order valence-electron chi connectivity index (χ0n) is 7.33. The van der Waals surface area contributed by atoms with Gasteiger partial charge in [0.2, 0.25) is 0 Å². The van der Waals surface area contributed by atoms with Crippen LogP contribution in [-0.4, -0.2) is 29.1 Å². The van der Waals surface area contributed by atoms with Crippen LogP contribution in [0.4, 0.5) is 4.39 Å². The molecule has 2 N–H and O–H groups in total. The van der Waals surface area contributed by atoms with E-state index in [1.807, 2.05) is 0 Å². The second kappa shape index (κ2) is 3.02. The molecule has 14 heavy (non-hydrogen) atoms. The molecule has 0 atom stereocenters. The van der Waals surface area contributed by atoms with E-state index < -0.39 is 11.6 Å². The molecular weight excluding hydrogens is 187 g/mol. The average molecular weight is 196 g/mol. The molecular formula is C9H9FN2O2. The number of carboxylic acids is 1. The molecule has 0 unspecified atom stereocenters. The normalized spacial score (nSPS) is 18.6. The fourth-order valence-corrected chi connectivity index (χ4v) is 1.33. The van der Waals surface area contributed by atoms with E-state index in [9.17, 15) is 9.18 Å². The van der Waals surface area contributed by atoms with Crippen molar-refractivity contribution in [2.75, 3.05) is 13.1 Å². The third kappa shape index (κ3) is 1.35. The Bertz CT molecular complexity index is 360. The SMILES string of the molecule is O=C(O)c1ccc(C2(F)CNC2)cn1. The minimum atomic E-state index is -1.37. The predicted molar refractivity (Wildman–Crippen MR) is 46.9 cm³/mol. The molecule has 4 nitrogen and oxygen atoms in total. The summed E-state index contributed by atoms with van der Waals surface area (Å²) in [5.74, 6) is -1.10. The number of nitrogens with zero attached hydrogens (tertiary/aromatic N) is 1. The zero-order chi connectivity index (χ0) is 10.2. The maximum atomic E-state index is 13.7. The first kappa shape index (κ1) is 9.08. The Morgan fingerprint density at radius 2 is 2.29 bits per heavy atom. The van der Waals surface area contributed by atoms with Crippen molar-refractivity contribution >= 4 is 5.97 Å². The Hall–Kier alpha value is -1.49. The first-order valence-corrected chi connectivity index (χ1v) is 4.21. The number of carbonyl (C=O) groups is 1. The largest absolute Gasteiger partial charge is 0.477 e. The monoisotopic (exact) mass is 196 g/mol. The Labute approximate surface area is 79.8 Å². The van der Waals surface area contributed by atoms with E-state index in [0.717, 1.165) is 0 Å². The van der Waals surface area contributed by atoms with Crippen molar-refractivity contribution in [1.82, 2.24) is 10.3 Å². The van der Waals surface area contributed by atoms with Crippen LogP contribution in [0, 0.1) is 0 Å². The van der Waals surface area contributed by atoms with E-state index in [1.165, 1.54) is 18.3 Å². The highest BCUT2D eigenvalue weighted by atomic mass is 19.1. The Morgan fingerprint density at radius 3 is 2.64 bits per heavy atom. The summed E-state index contributed by atoms with van der Waals surface area (Å²) in [5.41, 5.74) is -1.00. The van der Waals surface area contributed by atoms with Crippen molar-refractivity contribution in [3.63, 3.8) is 0 Å². The highest BCUT2D eigenvalue weighted by molar-refractivity contribution is 5.85. The fraction of sp³-hybridized carbons (Fsp3) is 0.333. The van der Waals surface area contributed by atoms with Crippen LogP contribution in [0.25, 0.3) is 0 Å². The van der Waals surface area contributed by atoms with Gasteiger partial charge in [0.15, 0.2) is 5.67 Å². The smallest absolute Gasteiger partial charge is 0.354 e. The Morgan fingerprint density at radius 1 is 1.57 bits per heavy atom. The topological polar surface area (TPSA) is 62.2 Å². The number of hydrogen-bond acceptors (Lipinski definition) is 3. The minimum Gasteiger partial charge on any atom is -0.477 e. The number of aromatic carboxylic acids is 1. The van der Waals surface area contributed by atoms with E-state index in [1.54, 1.807) is 0 Å². The molecule has 0 saturated carbocycles. The van der Waals surface area contributed by atoms with E-state index in [-0.39, 0.29) is 18.8 Å². The molecule has 5 heteroatoms. The number of hydrogen-bond donors (Lipinski definition) is 2. The lowest BCUT2D eigenvalue weighted by Gasteiger charge is -2.34. The lowest BCUT2D eigenvalue weighted by Crippen LogP contribution is -2.53. The summed E-state index contributed by atoms with van der Waals surface area (Å²) in [4.78, 5) is 14.1. The highest BCUT2D eigenvalue weighted by Gasteiger charge is 2.39. The first-order valence-electron chi connectivity index (χ1n) is 4.21. The molecule has 0 amide bonds. The molecule has 0 aliphatic carbocycles. The number of aromatic nitrogens is 1. The molecule has 1 aliphatic heterocycles. The van der Waals surface area contributed by atoms with Crippen LogP contribution in [0.3, 0.4) is 0 Å². The van der Waals surface area contributed by atoms with E-state index >= 15 is 0 Å². The number of alkyl halides is 1. The van der Waals surface area contributed by atoms with E-state index in [4.69, 9.17) is 5.11 Å². The second-order valence-corrected chi connectivity index (χ2v) is 3.31. The van der Waals surface area contributed by atoms with Gasteiger partial charge in [0.05, 0.1) is 0 Å². The maximum absolute atomic E-state index is 13.7. The van der Waals surface area contributed by atoms with Gasteiger partial charge in [-0.1, -0.05) is 6.07 Å². The first-order chi connectivity index (χ1) is 6.62. The predicted octanol–water partition coefficient (Wildman–Crippen LogP) is 0.548. The number of pyridine rings is 1. The summed E-state index contributed by atoms with van der Waals surface area (Å²) in [7, 11) is 0. The van der Waals surface area contributed by atoms with Gasteiger partial charge in [0.25, 0.3) is 0 Å². The summed E-state index contributed by atoms with van der Waals surface area (Å²) < 4.78 is 13.7. The van der Waals surface area contributed by atoms with E-state index in [2.05, 4.69) is 10.3 Å². The number of carboxylic acid groups (broad SMARTS) is 1. The Balaban J connectivity index is 2.25. The maximum Gasteiger partial charge on any atom is 0.354 e. The van der Waals surface area contributed by atoms with Gasteiger partial charge >= 0.3 is 5.97 Å². The molecule has 1 fully saturated rings. The van der Waals surface area contributed by atoms with Crippen molar-refractivity contribution in [3.05, 3.63) is 29.6 Å². The van der Waals surface area contributed by atoms with Gasteiger partial charge in [-0.15, -0.1) is 0 Å². The number of rotatable bonds is 2. The molecule has 0 bridgehead atoms. The van der Waals surface area contributed by atoms with Crippen LogP contribution in [0.2, 0.25) is 0 Å². The lowest BCUT2D eigenvalue weighted by atomic mass is 9.91. The second-order valence-electron chi connectivity index (χ2n) is 3.31. The van der Waals surface area contributed by atoms with Crippen molar-refractivity contribution in [1.29, 1.82) is 0 Å². The van der Waals surface area contributed by atoms with Gasteiger partial charge in [-0.3, -0.25) is 0 Å². The van der Waals surface area contributed by atoms with Crippen LogP contribution < -0.4 is 5.32 Å². The lowest BCUT2D eigenvalue weighted by molar-refractivity contribution is 0.0688. The van der Waals surface area contributed by atoms with Gasteiger partial charge in [0.1, 0.15) is 5.69 Å². The minimum absolute atomic E-state index is 0.0652. The van der Waals surface area contributed by atoms with Crippen molar-refractivity contribution < 1.29 is 14.3 Å². The van der Waals surface area contributed by atoms with Crippen molar-refractivity contribution in [3.8, 4) is 0 Å². The summed E-state index contributed by atoms with van der Waals surface area (Å²) in [6.45, 7) is 0.530. The molecule has 1 aromatic rings. The summed E-state index contributed by atoms with van der Waals surface area (Å²) >= 11 is 0. The summed E-state index contributed by atoms with van der Waals surface area (Å²) in [6.07, 6.45) is 1.28. The van der Waals surface area contributed by atoms with Crippen LogP contribution in [0.15, 0.2) is 18.3 Å². The Kier molecular flexibility index (Phi) is 1.96. The standard InChI is InChI=1S/C9H9FN2O2/c10-9(4-11-5-9)6-1-2-7(8(13)14)12-3-6/h1-3,11H,4-5H2,(H,13,14). The molecule has 2 heterocycles. The summed E-state index contributed by atoms with van der Waals surface area (Å²) in [6, 6.07) is 2.79. The van der Waals surface area contributed by atoms with Gasteiger partial charge < -0.3 is 10.4 Å². The van der Waals surface area contributed by atoms with Crippen molar-refractivity contribution in [2.24, 2.45) is 0 Å². The van der Waals surface area contributed by atoms with Gasteiger partial charge in [-0.05, 0) is 6.07 Å².